The van der Waals surface area contributed by atoms with Crippen molar-refractivity contribution in [3.8, 4) is 11.5 Å². The molecule has 0 radical (unpaired) electrons. The zero-order valence-corrected chi connectivity index (χ0v) is 11.5. The first kappa shape index (κ1) is 14.1. The van der Waals surface area contributed by atoms with Gasteiger partial charge in [-0.25, -0.2) is 4.39 Å². The summed E-state index contributed by atoms with van der Waals surface area (Å²) in [5.74, 6) is -0.277. The summed E-state index contributed by atoms with van der Waals surface area (Å²) in [5, 5.41) is 9.92. The van der Waals surface area contributed by atoms with Gasteiger partial charge in [-0.1, -0.05) is 35.3 Å². The molecule has 5 heteroatoms. The molecule has 0 aliphatic carbocycles. The molecule has 2 nitrogen and oxygen atoms in total. The third-order valence-corrected chi connectivity index (χ3v) is 3.38. The number of aliphatic hydroxyl groups is 1. The molecule has 0 unspecified atom stereocenters. The smallest absolute Gasteiger partial charge is 0.166 e. The Kier molecular flexibility index (Phi) is 4.30. The van der Waals surface area contributed by atoms with E-state index in [4.69, 9.17) is 27.9 Å². The Hall–Kier alpha value is -1.29. The Morgan fingerprint density at radius 3 is 2.53 bits per heavy atom. The Labute approximate surface area is 120 Å². The van der Waals surface area contributed by atoms with Gasteiger partial charge >= 0.3 is 0 Å². The predicted octanol–water partition coefficient (Wildman–Crippen LogP) is 4.98. The quantitative estimate of drug-likeness (QED) is 0.866. The van der Waals surface area contributed by atoms with Crippen LogP contribution in [0.5, 0.6) is 11.5 Å². The van der Waals surface area contributed by atoms with Gasteiger partial charge in [-0.2, -0.15) is 0 Å². The maximum atomic E-state index is 13.8. The third kappa shape index (κ3) is 3.18. The van der Waals surface area contributed by atoms with Crippen molar-refractivity contribution in [2.45, 2.75) is 13.0 Å². The Balaban J connectivity index is 2.31. The monoisotopic (exact) mass is 300 g/mol. The number of aliphatic hydroxyl groups excluding tert-OH is 1. The first-order valence-electron chi connectivity index (χ1n) is 5.58. The second-order valence-electron chi connectivity index (χ2n) is 4.02. The van der Waals surface area contributed by atoms with Crippen molar-refractivity contribution >= 4 is 23.2 Å². The fourth-order valence-electron chi connectivity index (χ4n) is 1.54. The summed E-state index contributed by atoms with van der Waals surface area (Å²) >= 11 is 11.8. The van der Waals surface area contributed by atoms with E-state index in [9.17, 15) is 9.50 Å². The fraction of sp³-hybridized carbons (Fsp3) is 0.143. The van der Waals surface area contributed by atoms with Gasteiger partial charge in [0.15, 0.2) is 11.6 Å². The van der Waals surface area contributed by atoms with Gasteiger partial charge in [0.2, 0.25) is 0 Å². The summed E-state index contributed by atoms with van der Waals surface area (Å²) in [5.41, 5.74) is 0.474. The summed E-state index contributed by atoms with van der Waals surface area (Å²) in [4.78, 5) is 0. The van der Waals surface area contributed by atoms with E-state index >= 15 is 0 Å². The lowest BCUT2D eigenvalue weighted by Gasteiger charge is -2.11. The standard InChI is InChI=1S/C14H11Cl2FO2/c1-8(18)9-5-6-12(11(17)7-9)19-13-4-2-3-10(15)14(13)16/h2-8,18H,1H3/t8-/m1/s1. The first-order chi connectivity index (χ1) is 8.99. The van der Waals surface area contributed by atoms with Crippen molar-refractivity contribution in [1.29, 1.82) is 0 Å². The molecule has 0 aromatic heterocycles. The average molecular weight is 301 g/mol. The van der Waals surface area contributed by atoms with Crippen LogP contribution in [0, 0.1) is 5.82 Å². The van der Waals surface area contributed by atoms with Crippen molar-refractivity contribution in [2.24, 2.45) is 0 Å². The van der Waals surface area contributed by atoms with Gasteiger partial charge < -0.3 is 9.84 Å². The molecule has 100 valence electrons. The molecule has 0 saturated carbocycles. The van der Waals surface area contributed by atoms with E-state index in [1.54, 1.807) is 31.2 Å². The number of ether oxygens (including phenoxy) is 1. The highest BCUT2D eigenvalue weighted by Crippen LogP contribution is 2.35. The van der Waals surface area contributed by atoms with Crippen LogP contribution < -0.4 is 4.74 Å². The number of halogens is 3. The molecule has 19 heavy (non-hydrogen) atoms. The predicted molar refractivity (Wildman–Crippen MR) is 73.6 cm³/mol. The molecule has 0 saturated heterocycles. The van der Waals surface area contributed by atoms with Crippen LogP contribution in [-0.4, -0.2) is 5.11 Å². The lowest BCUT2D eigenvalue weighted by molar-refractivity contribution is 0.198. The highest BCUT2D eigenvalue weighted by Gasteiger charge is 2.11. The van der Waals surface area contributed by atoms with Crippen LogP contribution >= 0.6 is 23.2 Å². The van der Waals surface area contributed by atoms with E-state index in [-0.39, 0.29) is 16.5 Å². The second-order valence-corrected chi connectivity index (χ2v) is 4.81. The van der Waals surface area contributed by atoms with Crippen LogP contribution in [0.25, 0.3) is 0 Å². The zero-order chi connectivity index (χ0) is 14.0. The van der Waals surface area contributed by atoms with Gasteiger partial charge in [0, 0.05) is 0 Å². The van der Waals surface area contributed by atoms with Gasteiger partial charge in [-0.15, -0.1) is 0 Å². The number of hydrogen-bond acceptors (Lipinski definition) is 2. The van der Waals surface area contributed by atoms with Crippen molar-refractivity contribution in [2.75, 3.05) is 0 Å². The number of hydrogen-bond donors (Lipinski definition) is 1. The minimum atomic E-state index is -0.738. The van der Waals surface area contributed by atoms with Crippen LogP contribution in [-0.2, 0) is 0 Å². The van der Waals surface area contributed by atoms with Gasteiger partial charge in [-0.3, -0.25) is 0 Å². The van der Waals surface area contributed by atoms with Crippen LogP contribution in [0.15, 0.2) is 36.4 Å². The molecule has 2 aromatic rings. The highest BCUT2D eigenvalue weighted by atomic mass is 35.5. The SMILES string of the molecule is C[C@@H](O)c1ccc(Oc2cccc(Cl)c2Cl)c(F)c1. The molecule has 0 spiro atoms. The molecule has 0 aliphatic rings. The highest BCUT2D eigenvalue weighted by molar-refractivity contribution is 6.42. The van der Waals surface area contributed by atoms with Gasteiger partial charge in [-0.05, 0) is 36.8 Å². The maximum Gasteiger partial charge on any atom is 0.166 e. The van der Waals surface area contributed by atoms with E-state index in [1.165, 1.54) is 12.1 Å². The summed E-state index contributed by atoms with van der Waals surface area (Å²) in [6.45, 7) is 1.56. The maximum absolute atomic E-state index is 13.8. The first-order valence-corrected chi connectivity index (χ1v) is 6.34. The lowest BCUT2D eigenvalue weighted by Crippen LogP contribution is -1.95. The van der Waals surface area contributed by atoms with E-state index in [0.29, 0.717) is 10.6 Å². The van der Waals surface area contributed by atoms with Crippen molar-refractivity contribution in [1.82, 2.24) is 0 Å². The lowest BCUT2D eigenvalue weighted by atomic mass is 10.1. The van der Waals surface area contributed by atoms with Crippen LogP contribution in [0.3, 0.4) is 0 Å². The summed E-state index contributed by atoms with van der Waals surface area (Å²) in [6.07, 6.45) is -0.738. The van der Waals surface area contributed by atoms with Gasteiger partial charge in [0.05, 0.1) is 11.1 Å². The van der Waals surface area contributed by atoms with Crippen molar-refractivity contribution in [3.05, 3.63) is 57.8 Å². The molecular weight excluding hydrogens is 290 g/mol. The minimum Gasteiger partial charge on any atom is -0.453 e. The second kappa shape index (κ2) is 5.78. The largest absolute Gasteiger partial charge is 0.453 e. The van der Waals surface area contributed by atoms with E-state index < -0.39 is 11.9 Å². The molecule has 0 aliphatic heterocycles. The van der Waals surface area contributed by atoms with Crippen LogP contribution in [0.1, 0.15) is 18.6 Å². The fourth-order valence-corrected chi connectivity index (χ4v) is 1.87. The van der Waals surface area contributed by atoms with Gasteiger partial charge in [0.1, 0.15) is 10.8 Å². The molecule has 0 heterocycles. The zero-order valence-electron chi connectivity index (χ0n) is 10.0. The Bertz CT molecular complexity index is 600. The topological polar surface area (TPSA) is 29.5 Å². The normalized spacial score (nSPS) is 12.3. The summed E-state index contributed by atoms with van der Waals surface area (Å²) < 4.78 is 19.2. The van der Waals surface area contributed by atoms with E-state index in [0.717, 1.165) is 0 Å². The van der Waals surface area contributed by atoms with Crippen molar-refractivity contribution < 1.29 is 14.2 Å². The van der Waals surface area contributed by atoms with Gasteiger partial charge in [0.25, 0.3) is 0 Å². The molecule has 1 N–H and O–H groups in total. The molecule has 2 aromatic carbocycles. The van der Waals surface area contributed by atoms with Crippen LogP contribution in [0.4, 0.5) is 4.39 Å². The molecule has 2 rings (SSSR count). The van der Waals surface area contributed by atoms with E-state index in [1.807, 2.05) is 0 Å². The number of benzene rings is 2. The molecular formula is C14H11Cl2FO2. The molecule has 0 amide bonds. The van der Waals surface area contributed by atoms with E-state index in [2.05, 4.69) is 0 Å². The third-order valence-electron chi connectivity index (χ3n) is 2.57. The van der Waals surface area contributed by atoms with Crippen molar-refractivity contribution in [3.63, 3.8) is 0 Å². The molecule has 0 fully saturated rings. The summed E-state index contributed by atoms with van der Waals surface area (Å²) in [6, 6.07) is 9.11. The summed E-state index contributed by atoms with van der Waals surface area (Å²) in [7, 11) is 0. The molecule has 1 atom stereocenters. The Morgan fingerprint density at radius 1 is 1.16 bits per heavy atom. The minimum absolute atomic E-state index is 0.0218. The average Bonchev–Trinajstić information content (AvgIpc) is 2.37. The Morgan fingerprint density at radius 2 is 1.89 bits per heavy atom. The molecule has 0 bridgehead atoms. The number of rotatable bonds is 3. The van der Waals surface area contributed by atoms with Crippen LogP contribution in [0.2, 0.25) is 10.0 Å².